The fraction of sp³-hybridized carbons (Fsp3) is 0.389. The minimum Gasteiger partial charge on any atom is -0.452 e. The zero-order valence-electron chi connectivity index (χ0n) is 16.0. The Morgan fingerprint density at radius 2 is 1.83 bits per heavy atom. The van der Waals surface area contributed by atoms with Crippen LogP contribution in [0.15, 0.2) is 28.9 Å². The second-order valence-corrected chi connectivity index (χ2v) is 8.52. The molecule has 11 heteroatoms. The van der Waals surface area contributed by atoms with Crippen LogP contribution < -0.4 is 0 Å². The standard InChI is InChI=1S/C18H20N4O6S/c1-13-16(14(11-19)17(28-13)21-5-3-4-6-21)18(24)27-12-15(23)20-7-9-22(10-8-20)29(2,25)26/h3-6H,7-10,12H2,1-2H3. The fourth-order valence-electron chi connectivity index (χ4n) is 3.09. The molecule has 0 bridgehead atoms. The van der Waals surface area contributed by atoms with E-state index in [1.54, 1.807) is 29.1 Å². The number of hydrogen-bond acceptors (Lipinski definition) is 7. The van der Waals surface area contributed by atoms with Gasteiger partial charge in [0.2, 0.25) is 15.9 Å². The number of esters is 1. The SMILES string of the molecule is Cc1oc(-n2cccc2)c(C#N)c1C(=O)OCC(=O)N1CCN(S(C)(=O)=O)CC1. The van der Waals surface area contributed by atoms with Gasteiger partial charge in [0.15, 0.2) is 6.61 Å². The van der Waals surface area contributed by atoms with Crippen molar-refractivity contribution in [3.05, 3.63) is 41.4 Å². The van der Waals surface area contributed by atoms with Crippen molar-refractivity contribution >= 4 is 21.9 Å². The molecule has 1 fully saturated rings. The molecule has 0 spiro atoms. The third-order valence-electron chi connectivity index (χ3n) is 4.61. The Morgan fingerprint density at radius 3 is 2.38 bits per heavy atom. The highest BCUT2D eigenvalue weighted by Gasteiger charge is 2.29. The Balaban J connectivity index is 1.65. The molecule has 3 heterocycles. The Morgan fingerprint density at radius 1 is 1.21 bits per heavy atom. The summed E-state index contributed by atoms with van der Waals surface area (Å²) in [6, 6.07) is 5.45. The Kier molecular flexibility index (Phi) is 5.76. The molecule has 29 heavy (non-hydrogen) atoms. The van der Waals surface area contributed by atoms with E-state index in [2.05, 4.69) is 0 Å². The lowest BCUT2D eigenvalue weighted by molar-refractivity contribution is -0.135. The van der Waals surface area contributed by atoms with Gasteiger partial charge in [-0.3, -0.25) is 9.36 Å². The van der Waals surface area contributed by atoms with Crippen molar-refractivity contribution in [1.82, 2.24) is 13.8 Å². The normalized spacial score (nSPS) is 15.1. The molecule has 1 saturated heterocycles. The number of hydrogen-bond donors (Lipinski definition) is 0. The maximum absolute atomic E-state index is 12.5. The highest BCUT2D eigenvalue weighted by molar-refractivity contribution is 7.88. The lowest BCUT2D eigenvalue weighted by atomic mass is 10.1. The van der Waals surface area contributed by atoms with Crippen LogP contribution in [0.2, 0.25) is 0 Å². The predicted octanol–water partition coefficient (Wildman–Crippen LogP) is 0.511. The van der Waals surface area contributed by atoms with Crippen LogP contribution in [0, 0.1) is 18.3 Å². The first-order valence-electron chi connectivity index (χ1n) is 8.79. The van der Waals surface area contributed by atoms with Crippen LogP contribution in [0.3, 0.4) is 0 Å². The fourth-order valence-corrected chi connectivity index (χ4v) is 3.92. The summed E-state index contributed by atoms with van der Waals surface area (Å²) in [5, 5.41) is 9.47. The molecule has 0 aromatic carbocycles. The van der Waals surface area contributed by atoms with E-state index in [-0.39, 0.29) is 49.0 Å². The van der Waals surface area contributed by atoms with Gasteiger partial charge in [0, 0.05) is 38.6 Å². The highest BCUT2D eigenvalue weighted by atomic mass is 32.2. The van der Waals surface area contributed by atoms with Gasteiger partial charge in [0.1, 0.15) is 23.0 Å². The van der Waals surface area contributed by atoms with Gasteiger partial charge in [0.25, 0.3) is 5.91 Å². The van der Waals surface area contributed by atoms with E-state index in [9.17, 15) is 23.3 Å². The predicted molar refractivity (Wildman–Crippen MR) is 101 cm³/mol. The molecule has 0 unspecified atom stereocenters. The summed E-state index contributed by atoms with van der Waals surface area (Å²) in [5.74, 6) is -0.851. The van der Waals surface area contributed by atoms with E-state index >= 15 is 0 Å². The van der Waals surface area contributed by atoms with E-state index in [1.165, 1.54) is 16.1 Å². The molecular formula is C18H20N4O6S. The lowest BCUT2D eigenvalue weighted by Gasteiger charge is -2.33. The summed E-state index contributed by atoms with van der Waals surface area (Å²) < 4.78 is 36.6. The molecular weight excluding hydrogens is 400 g/mol. The number of aryl methyl sites for hydroxylation is 1. The van der Waals surface area contributed by atoms with Crippen LogP contribution in [0.5, 0.6) is 0 Å². The maximum Gasteiger partial charge on any atom is 0.343 e. The second-order valence-electron chi connectivity index (χ2n) is 6.53. The largest absolute Gasteiger partial charge is 0.452 e. The van der Waals surface area contributed by atoms with E-state index < -0.39 is 28.5 Å². The average molecular weight is 420 g/mol. The van der Waals surface area contributed by atoms with Crippen molar-refractivity contribution in [2.24, 2.45) is 0 Å². The molecule has 154 valence electrons. The minimum absolute atomic E-state index is 0.0223. The molecule has 1 aliphatic rings. The number of piperazine rings is 1. The molecule has 0 atom stereocenters. The average Bonchev–Trinajstić information content (AvgIpc) is 3.32. The van der Waals surface area contributed by atoms with E-state index in [0.717, 1.165) is 6.26 Å². The van der Waals surface area contributed by atoms with Crippen LogP contribution in [0.1, 0.15) is 21.7 Å². The number of aromatic nitrogens is 1. The summed E-state index contributed by atoms with van der Waals surface area (Å²) >= 11 is 0. The van der Waals surface area contributed by atoms with Crippen LogP contribution in [0.25, 0.3) is 5.88 Å². The molecule has 1 aliphatic heterocycles. The number of carbonyl (C=O) groups is 2. The van der Waals surface area contributed by atoms with Crippen molar-refractivity contribution in [2.45, 2.75) is 6.92 Å². The molecule has 2 aromatic heterocycles. The summed E-state index contributed by atoms with van der Waals surface area (Å²) in [5.41, 5.74) is 0.00353. The second kappa shape index (κ2) is 8.10. The zero-order valence-corrected chi connectivity index (χ0v) is 16.8. The Bertz CT molecular complexity index is 1060. The van der Waals surface area contributed by atoms with Gasteiger partial charge >= 0.3 is 5.97 Å². The van der Waals surface area contributed by atoms with Gasteiger partial charge in [-0.25, -0.2) is 13.2 Å². The van der Waals surface area contributed by atoms with Gasteiger partial charge in [-0.15, -0.1) is 0 Å². The van der Waals surface area contributed by atoms with E-state index in [0.29, 0.717) is 0 Å². The van der Waals surface area contributed by atoms with Crippen LogP contribution in [0.4, 0.5) is 0 Å². The van der Waals surface area contributed by atoms with Crippen LogP contribution in [-0.2, 0) is 19.6 Å². The van der Waals surface area contributed by atoms with Gasteiger partial charge in [-0.05, 0) is 19.1 Å². The molecule has 3 rings (SSSR count). The van der Waals surface area contributed by atoms with Gasteiger partial charge in [0.05, 0.1) is 6.26 Å². The Labute approximate surface area is 167 Å². The van der Waals surface area contributed by atoms with Crippen LogP contribution in [-0.4, -0.2) is 73.1 Å². The quantitative estimate of drug-likeness (QED) is 0.645. The number of carbonyl (C=O) groups excluding carboxylic acids is 2. The lowest BCUT2D eigenvalue weighted by Crippen LogP contribution is -2.51. The van der Waals surface area contributed by atoms with Crippen molar-refractivity contribution in [3.8, 4) is 12.0 Å². The number of rotatable bonds is 5. The highest BCUT2D eigenvalue weighted by Crippen LogP contribution is 2.26. The van der Waals surface area contributed by atoms with Gasteiger partial charge in [-0.2, -0.15) is 9.57 Å². The topological polar surface area (TPSA) is 126 Å². The molecule has 0 aliphatic carbocycles. The smallest absolute Gasteiger partial charge is 0.343 e. The number of sulfonamides is 1. The van der Waals surface area contributed by atoms with E-state index in [4.69, 9.17) is 9.15 Å². The Hall–Kier alpha value is -3.10. The maximum atomic E-state index is 12.5. The molecule has 0 saturated carbocycles. The summed E-state index contributed by atoms with van der Waals surface area (Å²) in [7, 11) is -3.30. The minimum atomic E-state index is -3.30. The summed E-state index contributed by atoms with van der Waals surface area (Å²) in [6.45, 7) is 1.85. The molecule has 0 N–H and O–H groups in total. The number of ether oxygens (including phenoxy) is 1. The monoisotopic (exact) mass is 420 g/mol. The first kappa shape index (κ1) is 20.6. The van der Waals surface area contributed by atoms with Gasteiger partial charge < -0.3 is 14.1 Å². The third kappa shape index (κ3) is 4.33. The number of amides is 1. The molecule has 0 radical (unpaired) electrons. The third-order valence-corrected chi connectivity index (χ3v) is 5.91. The first-order chi connectivity index (χ1) is 13.7. The first-order valence-corrected chi connectivity index (χ1v) is 10.6. The molecule has 10 nitrogen and oxygen atoms in total. The number of nitrogens with zero attached hydrogens (tertiary/aromatic N) is 4. The summed E-state index contributed by atoms with van der Waals surface area (Å²) in [6.07, 6.45) is 4.47. The number of nitriles is 1. The molecule has 2 aromatic rings. The van der Waals surface area contributed by atoms with Crippen molar-refractivity contribution < 1.29 is 27.2 Å². The van der Waals surface area contributed by atoms with Crippen LogP contribution >= 0.6 is 0 Å². The summed E-state index contributed by atoms with van der Waals surface area (Å²) in [4.78, 5) is 26.2. The van der Waals surface area contributed by atoms with E-state index in [1.807, 2.05) is 6.07 Å². The van der Waals surface area contributed by atoms with Gasteiger partial charge in [-0.1, -0.05) is 0 Å². The van der Waals surface area contributed by atoms with Crippen molar-refractivity contribution in [2.75, 3.05) is 39.0 Å². The zero-order chi connectivity index (χ0) is 21.2. The number of furan rings is 1. The molecule has 1 amide bonds. The van der Waals surface area contributed by atoms with Crippen molar-refractivity contribution in [1.29, 1.82) is 5.26 Å². The van der Waals surface area contributed by atoms with Crippen molar-refractivity contribution in [3.63, 3.8) is 0 Å².